The summed E-state index contributed by atoms with van der Waals surface area (Å²) in [5.74, 6) is 0. The second kappa shape index (κ2) is 36.0. The number of hydrogen-bond acceptors (Lipinski definition) is 0. The van der Waals surface area contributed by atoms with Crippen molar-refractivity contribution in [2.45, 2.75) is 68.2 Å². The third-order valence-electron chi connectivity index (χ3n) is 0.707. The molecule has 0 aliphatic rings. The molecular formula is C10H28. The molecule has 0 N–H and O–H groups in total. The van der Waals surface area contributed by atoms with Gasteiger partial charge in [0.05, 0.1) is 0 Å². The molecule has 0 fully saturated rings. The molecule has 0 amide bonds. The average molecular weight is 148 g/mol. The molecule has 0 saturated heterocycles. The Bertz CT molecular complexity index is 14.0. The molecule has 0 bridgehead atoms. The van der Waals surface area contributed by atoms with Crippen LogP contribution in [0.15, 0.2) is 0 Å². The van der Waals surface area contributed by atoms with E-state index in [1.54, 1.807) is 0 Å². The molecule has 0 heterocycles. The highest BCUT2D eigenvalue weighted by molar-refractivity contribution is 4.24. The van der Waals surface area contributed by atoms with Crippen LogP contribution < -0.4 is 0 Å². The van der Waals surface area contributed by atoms with Crippen molar-refractivity contribution in [3.05, 3.63) is 0 Å². The molecule has 0 radical (unpaired) electrons. The third-order valence-corrected chi connectivity index (χ3v) is 0.707. The Morgan fingerprint density at radius 1 is 0.700 bits per heavy atom. The van der Waals surface area contributed by atoms with E-state index in [2.05, 4.69) is 27.7 Å². The van der Waals surface area contributed by atoms with E-state index in [0.717, 1.165) is 0 Å². The summed E-state index contributed by atoms with van der Waals surface area (Å²) in [6.45, 7) is 8.67. The van der Waals surface area contributed by atoms with Crippen LogP contribution >= 0.6 is 0 Å². The molecule has 0 heteroatoms. The van der Waals surface area contributed by atoms with Crippen molar-refractivity contribution >= 4 is 0 Å². The van der Waals surface area contributed by atoms with Crippen molar-refractivity contribution in [3.8, 4) is 0 Å². The monoisotopic (exact) mass is 148 g/mol. The van der Waals surface area contributed by atoms with E-state index in [0.29, 0.717) is 0 Å². The predicted octanol–water partition coefficient (Wildman–Crippen LogP) is 4.89. The summed E-state index contributed by atoms with van der Waals surface area (Å²) < 4.78 is 0. The van der Waals surface area contributed by atoms with Gasteiger partial charge in [-0.25, -0.2) is 0 Å². The molecular weight excluding hydrogens is 120 g/mol. The van der Waals surface area contributed by atoms with Gasteiger partial charge in [0.25, 0.3) is 0 Å². The van der Waals surface area contributed by atoms with Crippen LogP contribution in [0.2, 0.25) is 0 Å². The Morgan fingerprint density at radius 2 is 0.900 bits per heavy atom. The maximum absolute atomic E-state index is 2.21. The second-order valence-electron chi connectivity index (χ2n) is 2.06. The van der Waals surface area contributed by atoms with Crippen molar-refractivity contribution in [2.75, 3.05) is 0 Å². The minimum atomic E-state index is 0. The number of hydrogen-bond donors (Lipinski definition) is 0. The zero-order valence-corrected chi connectivity index (χ0v) is 6.83. The molecule has 0 atom stereocenters. The molecule has 10 heavy (non-hydrogen) atoms. The fourth-order valence-electron chi connectivity index (χ4n) is 0.354. The Morgan fingerprint density at radius 3 is 0.900 bits per heavy atom. The van der Waals surface area contributed by atoms with Gasteiger partial charge in [-0.15, -0.1) is 0 Å². The smallest absolute Gasteiger partial charge is 0.0538 e. The zero-order chi connectivity index (χ0) is 6.83. The predicted molar refractivity (Wildman–Crippen MR) is 54.6 cm³/mol. The molecule has 0 aliphatic heterocycles. The van der Waals surface area contributed by atoms with E-state index < -0.39 is 0 Å². The van der Waals surface area contributed by atoms with E-state index in [-0.39, 0.29) is 14.9 Å². The Kier molecular flexibility index (Phi) is 81.0. The molecule has 0 aromatic rings. The first-order chi connectivity index (χ1) is 3.83. The molecule has 0 unspecified atom stereocenters. The van der Waals surface area contributed by atoms with E-state index in [4.69, 9.17) is 0 Å². The van der Waals surface area contributed by atoms with Crippen LogP contribution in [0.1, 0.15) is 68.2 Å². The first kappa shape index (κ1) is 22.5. The summed E-state index contributed by atoms with van der Waals surface area (Å²) >= 11 is 0. The topological polar surface area (TPSA) is 0 Å². The van der Waals surface area contributed by atoms with Gasteiger partial charge in [-0.05, 0) is 0 Å². The summed E-state index contributed by atoms with van der Waals surface area (Å²) in [6, 6.07) is 0. The van der Waals surface area contributed by atoms with Crippen LogP contribution in [0.3, 0.4) is 0 Å². The molecule has 0 spiro atoms. The minimum Gasteiger partial charge on any atom is -0.0776 e. The first-order valence-corrected chi connectivity index (χ1v) is 3.83. The van der Waals surface area contributed by atoms with E-state index in [1.165, 1.54) is 25.7 Å². The molecule has 0 rings (SSSR count). The summed E-state index contributed by atoms with van der Waals surface area (Å²) in [6.07, 6.45) is 5.33. The van der Waals surface area contributed by atoms with Crippen LogP contribution in [-0.2, 0) is 0 Å². The van der Waals surface area contributed by atoms with Crippen LogP contribution in [-0.4, -0.2) is 0 Å². The third kappa shape index (κ3) is 98.0. The Balaban J connectivity index is -0.0000000326. The quantitative estimate of drug-likeness (QED) is 0.523. The molecule has 0 aliphatic carbocycles. The molecule has 0 aromatic carbocycles. The number of unbranched alkanes of at least 4 members (excludes halogenated alkanes) is 2. The van der Waals surface area contributed by atoms with Crippen LogP contribution in [0.4, 0.5) is 0 Å². The standard InChI is InChI=1S/C5H12.C3H8.2CH4/c1-3-5-4-2;1-3-2;;/h3-5H2,1-2H3;3H2,1-2H3;2*1H4. The largest absolute Gasteiger partial charge is 0.0776 e. The van der Waals surface area contributed by atoms with Crippen molar-refractivity contribution in [1.82, 2.24) is 0 Å². The van der Waals surface area contributed by atoms with E-state index in [1.807, 2.05) is 0 Å². The van der Waals surface area contributed by atoms with Crippen LogP contribution in [0, 0.1) is 0 Å². The van der Waals surface area contributed by atoms with E-state index >= 15 is 0 Å². The maximum Gasteiger partial charge on any atom is -0.0538 e. The van der Waals surface area contributed by atoms with Crippen molar-refractivity contribution < 1.29 is 0 Å². The Hall–Kier alpha value is 0. The van der Waals surface area contributed by atoms with Crippen molar-refractivity contribution in [1.29, 1.82) is 0 Å². The number of rotatable bonds is 2. The van der Waals surface area contributed by atoms with Crippen LogP contribution in [0.25, 0.3) is 0 Å². The van der Waals surface area contributed by atoms with Crippen molar-refractivity contribution in [3.63, 3.8) is 0 Å². The lowest BCUT2D eigenvalue weighted by molar-refractivity contribution is 0.772. The summed E-state index contributed by atoms with van der Waals surface area (Å²) in [7, 11) is 0. The highest BCUT2D eigenvalue weighted by atomic mass is 13.7. The molecule has 0 nitrogen and oxygen atoms in total. The van der Waals surface area contributed by atoms with Gasteiger partial charge in [0.2, 0.25) is 0 Å². The van der Waals surface area contributed by atoms with Crippen molar-refractivity contribution in [2.24, 2.45) is 0 Å². The highest BCUT2D eigenvalue weighted by Gasteiger charge is 1.68. The average Bonchev–Trinajstić information content (AvgIpc) is 1.71. The summed E-state index contributed by atoms with van der Waals surface area (Å²) in [5.41, 5.74) is 0. The molecule has 0 aromatic heterocycles. The van der Waals surface area contributed by atoms with Gasteiger partial charge in [-0.2, -0.15) is 0 Å². The lowest BCUT2D eigenvalue weighted by Crippen LogP contribution is -1.59. The SMILES string of the molecule is C.C.CCC.CCCCC. The van der Waals surface area contributed by atoms with Gasteiger partial charge < -0.3 is 0 Å². The van der Waals surface area contributed by atoms with Gasteiger partial charge >= 0.3 is 0 Å². The highest BCUT2D eigenvalue weighted by Crippen LogP contribution is 1.88. The maximum atomic E-state index is 2.21. The summed E-state index contributed by atoms with van der Waals surface area (Å²) in [4.78, 5) is 0. The lowest BCUT2D eigenvalue weighted by Gasteiger charge is -1.79. The fourth-order valence-corrected chi connectivity index (χ4v) is 0.354. The van der Waals surface area contributed by atoms with Gasteiger partial charge in [0, 0.05) is 0 Å². The van der Waals surface area contributed by atoms with Crippen LogP contribution in [0.5, 0.6) is 0 Å². The second-order valence-corrected chi connectivity index (χ2v) is 2.06. The minimum absolute atomic E-state index is 0. The first-order valence-electron chi connectivity index (χ1n) is 3.83. The van der Waals surface area contributed by atoms with Gasteiger partial charge in [-0.1, -0.05) is 68.2 Å². The lowest BCUT2D eigenvalue weighted by atomic mass is 10.3. The zero-order valence-electron chi connectivity index (χ0n) is 6.83. The van der Waals surface area contributed by atoms with Gasteiger partial charge in [-0.3, -0.25) is 0 Å². The Labute approximate surface area is 69.0 Å². The van der Waals surface area contributed by atoms with Gasteiger partial charge in [0.1, 0.15) is 0 Å². The van der Waals surface area contributed by atoms with E-state index in [9.17, 15) is 0 Å². The molecule has 0 saturated carbocycles. The molecule has 68 valence electrons. The summed E-state index contributed by atoms with van der Waals surface area (Å²) in [5, 5.41) is 0. The van der Waals surface area contributed by atoms with Gasteiger partial charge in [0.15, 0.2) is 0 Å². The normalized spacial score (nSPS) is 6.00. The fraction of sp³-hybridized carbons (Fsp3) is 1.00.